The van der Waals surface area contributed by atoms with Crippen molar-refractivity contribution in [2.24, 2.45) is 5.92 Å². The highest BCUT2D eigenvalue weighted by Gasteiger charge is 2.37. The number of pyridine rings is 1. The SMILES string of the molecule is CCOCNC(=S)N(Cc1cc(C(F)(F)F)cc(C(F)(F)F)c1)Cc1cc2ccccc2nc1N(CC)CC1CCCC1. The van der Waals surface area contributed by atoms with Crippen LogP contribution < -0.4 is 10.2 Å². The van der Waals surface area contributed by atoms with E-state index in [1.807, 2.05) is 37.3 Å². The van der Waals surface area contributed by atoms with Crippen molar-refractivity contribution in [2.75, 3.05) is 31.3 Å². The summed E-state index contributed by atoms with van der Waals surface area (Å²) < 4.78 is 87.1. The van der Waals surface area contributed by atoms with Gasteiger partial charge in [-0.1, -0.05) is 31.0 Å². The molecule has 234 valence electrons. The molecule has 3 aromatic rings. The number of anilines is 1. The van der Waals surface area contributed by atoms with E-state index in [-0.39, 0.29) is 36.6 Å². The highest BCUT2D eigenvalue weighted by atomic mass is 32.1. The van der Waals surface area contributed by atoms with Gasteiger partial charge in [0, 0.05) is 43.7 Å². The molecule has 1 aromatic heterocycles. The van der Waals surface area contributed by atoms with E-state index in [9.17, 15) is 26.3 Å². The summed E-state index contributed by atoms with van der Waals surface area (Å²) in [5.74, 6) is 1.25. The normalized spacial score (nSPS) is 14.3. The molecule has 0 bridgehead atoms. The lowest BCUT2D eigenvalue weighted by Gasteiger charge is -2.31. The lowest BCUT2D eigenvalue weighted by atomic mass is 10.0. The van der Waals surface area contributed by atoms with Crippen molar-refractivity contribution in [1.82, 2.24) is 15.2 Å². The predicted molar refractivity (Wildman–Crippen MR) is 160 cm³/mol. The van der Waals surface area contributed by atoms with Gasteiger partial charge in [-0.05, 0) is 80.7 Å². The van der Waals surface area contributed by atoms with Gasteiger partial charge < -0.3 is 19.9 Å². The fourth-order valence-corrected chi connectivity index (χ4v) is 5.66. The summed E-state index contributed by atoms with van der Waals surface area (Å²) in [4.78, 5) is 8.75. The highest BCUT2D eigenvalue weighted by Crippen LogP contribution is 2.37. The van der Waals surface area contributed by atoms with Gasteiger partial charge in [0.25, 0.3) is 0 Å². The summed E-state index contributed by atoms with van der Waals surface area (Å²) in [6.07, 6.45) is -5.27. The average molecular weight is 627 g/mol. The number of ether oxygens (including phenoxy) is 1. The van der Waals surface area contributed by atoms with Gasteiger partial charge in [-0.3, -0.25) is 0 Å². The molecule has 5 nitrogen and oxygen atoms in total. The van der Waals surface area contributed by atoms with E-state index in [0.29, 0.717) is 19.1 Å². The van der Waals surface area contributed by atoms with Gasteiger partial charge in [-0.15, -0.1) is 0 Å². The molecule has 0 saturated heterocycles. The third-order valence-electron chi connectivity index (χ3n) is 7.61. The first-order valence-electron chi connectivity index (χ1n) is 14.4. The maximum Gasteiger partial charge on any atom is 0.416 e. The van der Waals surface area contributed by atoms with Gasteiger partial charge in [0.05, 0.1) is 16.6 Å². The van der Waals surface area contributed by atoms with Crippen LogP contribution >= 0.6 is 12.2 Å². The Morgan fingerprint density at radius 3 is 2.21 bits per heavy atom. The molecule has 1 aliphatic carbocycles. The second-order valence-electron chi connectivity index (χ2n) is 10.7. The second-order valence-corrected chi connectivity index (χ2v) is 11.1. The summed E-state index contributed by atoms with van der Waals surface area (Å²) in [7, 11) is 0. The minimum atomic E-state index is -4.95. The zero-order valence-electron chi connectivity index (χ0n) is 24.2. The molecule has 1 N–H and O–H groups in total. The number of nitrogens with one attached hydrogen (secondary N) is 1. The summed E-state index contributed by atoms with van der Waals surface area (Å²) in [6.45, 7) is 5.56. The monoisotopic (exact) mass is 626 g/mol. The first-order valence-corrected chi connectivity index (χ1v) is 14.8. The number of fused-ring (bicyclic) bond motifs is 1. The summed E-state index contributed by atoms with van der Waals surface area (Å²) >= 11 is 5.61. The number of alkyl halides is 6. The lowest BCUT2D eigenvalue weighted by Crippen LogP contribution is -2.40. The molecular formula is C31H36F6N4OS. The maximum atomic E-state index is 13.6. The van der Waals surface area contributed by atoms with Crippen LogP contribution in [0.15, 0.2) is 48.5 Å². The van der Waals surface area contributed by atoms with Crippen LogP contribution in [0.3, 0.4) is 0 Å². The van der Waals surface area contributed by atoms with Gasteiger partial charge in [-0.25, -0.2) is 4.98 Å². The molecular weight excluding hydrogens is 590 g/mol. The maximum absolute atomic E-state index is 13.6. The van der Waals surface area contributed by atoms with Crippen LogP contribution in [0, 0.1) is 5.92 Å². The Balaban J connectivity index is 1.76. The van der Waals surface area contributed by atoms with Crippen LogP contribution in [0.5, 0.6) is 0 Å². The van der Waals surface area contributed by atoms with Crippen LogP contribution in [-0.2, 0) is 30.2 Å². The van der Waals surface area contributed by atoms with Gasteiger partial charge >= 0.3 is 12.4 Å². The van der Waals surface area contributed by atoms with Crippen molar-refractivity contribution in [3.05, 3.63) is 70.8 Å². The van der Waals surface area contributed by atoms with Crippen LogP contribution in [0.1, 0.15) is 61.8 Å². The number of benzene rings is 2. The third kappa shape index (κ3) is 8.72. The van der Waals surface area contributed by atoms with E-state index in [4.69, 9.17) is 21.9 Å². The van der Waals surface area contributed by atoms with Crippen molar-refractivity contribution in [3.63, 3.8) is 0 Å². The zero-order valence-corrected chi connectivity index (χ0v) is 25.0. The molecule has 1 aliphatic rings. The largest absolute Gasteiger partial charge is 0.416 e. The van der Waals surface area contributed by atoms with E-state index in [2.05, 4.69) is 10.2 Å². The van der Waals surface area contributed by atoms with Crippen molar-refractivity contribution < 1.29 is 31.1 Å². The van der Waals surface area contributed by atoms with E-state index >= 15 is 0 Å². The minimum Gasteiger partial charge on any atom is -0.362 e. The summed E-state index contributed by atoms with van der Waals surface area (Å²) in [5, 5.41) is 3.93. The summed E-state index contributed by atoms with van der Waals surface area (Å²) in [6, 6.07) is 11.2. The zero-order chi connectivity index (χ0) is 31.2. The molecule has 0 spiro atoms. The first kappa shape index (κ1) is 32.8. The van der Waals surface area contributed by atoms with E-state index in [1.54, 1.807) is 11.8 Å². The molecule has 43 heavy (non-hydrogen) atoms. The molecule has 0 unspecified atom stereocenters. The highest BCUT2D eigenvalue weighted by molar-refractivity contribution is 7.80. The van der Waals surface area contributed by atoms with Crippen molar-refractivity contribution in [3.8, 4) is 0 Å². The quantitative estimate of drug-likeness (QED) is 0.100. The van der Waals surface area contributed by atoms with E-state index < -0.39 is 23.5 Å². The van der Waals surface area contributed by atoms with Crippen molar-refractivity contribution >= 4 is 34.1 Å². The Bertz CT molecular complexity index is 1360. The Labute approximate surface area is 253 Å². The fourth-order valence-electron chi connectivity index (χ4n) is 5.47. The molecule has 4 rings (SSSR count). The Kier molecular flexibility index (Phi) is 10.8. The number of halogens is 6. The minimum absolute atomic E-state index is 0.0355. The number of nitrogens with zero attached hydrogens (tertiary/aromatic N) is 3. The number of hydrogen-bond acceptors (Lipinski definition) is 4. The van der Waals surface area contributed by atoms with Crippen LogP contribution in [0.25, 0.3) is 10.9 Å². The molecule has 2 aromatic carbocycles. The molecule has 1 fully saturated rings. The van der Waals surface area contributed by atoms with Crippen molar-refractivity contribution in [1.29, 1.82) is 0 Å². The molecule has 0 amide bonds. The van der Waals surface area contributed by atoms with E-state index in [1.165, 1.54) is 12.8 Å². The Hall–Kier alpha value is -3.12. The molecule has 1 saturated carbocycles. The van der Waals surface area contributed by atoms with Crippen LogP contribution in [0.2, 0.25) is 0 Å². The number of hydrogen-bond donors (Lipinski definition) is 1. The standard InChI is InChI=1S/C31H36F6N4OS/c1-3-40(17-21-9-5-6-10-21)28-24(15-23-11-7-8-12-27(23)39-28)19-41(29(43)38-20-42-4-2)18-22-13-25(30(32,33)34)16-26(14-22)31(35,36)37/h7-8,11-16,21H,3-6,9-10,17-20H2,1-2H3,(H,38,43). The Morgan fingerprint density at radius 2 is 1.60 bits per heavy atom. The van der Waals surface area contributed by atoms with Gasteiger partial charge in [0.1, 0.15) is 12.5 Å². The first-order chi connectivity index (χ1) is 20.4. The number of para-hydroxylation sites is 1. The molecule has 12 heteroatoms. The number of thiocarbonyl (C=S) groups is 1. The van der Waals surface area contributed by atoms with Gasteiger partial charge in [-0.2, -0.15) is 26.3 Å². The summed E-state index contributed by atoms with van der Waals surface area (Å²) in [5.41, 5.74) is -1.35. The average Bonchev–Trinajstić information content (AvgIpc) is 3.47. The van der Waals surface area contributed by atoms with Crippen molar-refractivity contribution in [2.45, 2.75) is 65.0 Å². The van der Waals surface area contributed by atoms with Crippen LogP contribution in [0.4, 0.5) is 32.2 Å². The van der Waals surface area contributed by atoms with E-state index in [0.717, 1.165) is 53.8 Å². The molecule has 0 radical (unpaired) electrons. The topological polar surface area (TPSA) is 40.6 Å². The lowest BCUT2D eigenvalue weighted by molar-refractivity contribution is -0.143. The third-order valence-corrected chi connectivity index (χ3v) is 8.02. The van der Waals surface area contributed by atoms with Gasteiger partial charge in [0.15, 0.2) is 5.11 Å². The smallest absolute Gasteiger partial charge is 0.362 e. The number of aromatic nitrogens is 1. The van der Waals surface area contributed by atoms with Crippen LogP contribution in [-0.4, -0.2) is 41.4 Å². The molecule has 0 atom stereocenters. The second kappa shape index (κ2) is 14.1. The molecule has 0 aliphatic heterocycles. The number of rotatable bonds is 11. The predicted octanol–water partition coefficient (Wildman–Crippen LogP) is 8.16. The Morgan fingerprint density at radius 1 is 0.953 bits per heavy atom. The van der Waals surface area contributed by atoms with Gasteiger partial charge in [0.2, 0.25) is 0 Å². The fraction of sp³-hybridized carbons (Fsp3) is 0.484. The molecule has 1 heterocycles.